The Morgan fingerprint density at radius 1 is 1.29 bits per heavy atom. The van der Waals surface area contributed by atoms with Crippen LogP contribution in [0.25, 0.3) is 0 Å². The molecule has 21 heavy (non-hydrogen) atoms. The van der Waals surface area contributed by atoms with E-state index in [1.165, 1.54) is 6.07 Å². The van der Waals surface area contributed by atoms with E-state index in [0.29, 0.717) is 12.3 Å². The zero-order chi connectivity index (χ0) is 14.8. The van der Waals surface area contributed by atoms with E-state index >= 15 is 0 Å². The molecular weight excluding hydrogens is 336 g/mol. The molecule has 0 bridgehead atoms. The Morgan fingerprint density at radius 2 is 2.10 bits per heavy atom. The van der Waals surface area contributed by atoms with Gasteiger partial charge in [0.15, 0.2) is 0 Å². The quantitative estimate of drug-likeness (QED) is 0.663. The molecule has 1 atom stereocenters. The third kappa shape index (κ3) is 2.85. The predicted molar refractivity (Wildman–Crippen MR) is 83.7 cm³/mol. The molecule has 0 radical (unpaired) electrons. The fourth-order valence-electron chi connectivity index (χ4n) is 2.46. The molecule has 0 amide bonds. The number of fused-ring (bicyclic) bond motifs is 1. The van der Waals surface area contributed by atoms with E-state index < -0.39 is 0 Å². The summed E-state index contributed by atoms with van der Waals surface area (Å²) in [6.07, 6.45) is 0.765. The molecule has 1 aliphatic heterocycles. The van der Waals surface area contributed by atoms with E-state index in [1.807, 2.05) is 24.3 Å². The minimum atomic E-state index is -0.375. The van der Waals surface area contributed by atoms with Gasteiger partial charge in [0, 0.05) is 22.5 Å². The Morgan fingerprint density at radius 3 is 2.90 bits per heavy atom. The highest BCUT2D eigenvalue weighted by atomic mass is 79.9. The molecule has 6 heteroatoms. The first-order chi connectivity index (χ1) is 10.1. The fraction of sp³-hybridized carbons (Fsp3) is 0.200. The van der Waals surface area contributed by atoms with E-state index in [-0.39, 0.29) is 16.7 Å². The standard InChI is InChI=1S/C15H13BrN2O3/c16-10-5-6-14(18(19)20)13(9-10)17-12-7-8-21-15-4-2-1-3-11(12)15/h1-6,9,12,17H,7-8H2. The summed E-state index contributed by atoms with van der Waals surface area (Å²) in [4.78, 5) is 10.8. The van der Waals surface area contributed by atoms with Gasteiger partial charge in [0.05, 0.1) is 17.6 Å². The van der Waals surface area contributed by atoms with Gasteiger partial charge < -0.3 is 10.1 Å². The van der Waals surface area contributed by atoms with Crippen LogP contribution in [0.5, 0.6) is 5.75 Å². The van der Waals surface area contributed by atoms with Crippen molar-refractivity contribution in [1.82, 2.24) is 0 Å². The average molecular weight is 349 g/mol. The number of benzene rings is 2. The first-order valence-electron chi connectivity index (χ1n) is 6.57. The van der Waals surface area contributed by atoms with Gasteiger partial charge in [-0.05, 0) is 18.2 Å². The zero-order valence-electron chi connectivity index (χ0n) is 11.1. The first-order valence-corrected chi connectivity index (χ1v) is 7.36. The van der Waals surface area contributed by atoms with E-state index in [4.69, 9.17) is 4.74 Å². The number of nitro benzene ring substituents is 1. The molecule has 0 saturated heterocycles. The maximum Gasteiger partial charge on any atom is 0.292 e. The Kier molecular flexibility index (Phi) is 3.79. The number of nitrogens with one attached hydrogen (secondary N) is 1. The number of para-hydroxylation sites is 1. The number of anilines is 1. The van der Waals surface area contributed by atoms with E-state index in [0.717, 1.165) is 22.2 Å². The monoisotopic (exact) mass is 348 g/mol. The zero-order valence-corrected chi connectivity index (χ0v) is 12.7. The molecule has 1 aliphatic rings. The number of nitro groups is 1. The van der Waals surface area contributed by atoms with Gasteiger partial charge in [-0.25, -0.2) is 0 Å². The van der Waals surface area contributed by atoms with Gasteiger partial charge in [-0.3, -0.25) is 10.1 Å². The van der Waals surface area contributed by atoms with Gasteiger partial charge in [0.2, 0.25) is 0 Å². The summed E-state index contributed by atoms with van der Waals surface area (Å²) < 4.78 is 6.41. The molecular formula is C15H13BrN2O3. The van der Waals surface area contributed by atoms with Crippen LogP contribution < -0.4 is 10.1 Å². The molecule has 3 rings (SSSR count). The second-order valence-corrected chi connectivity index (χ2v) is 5.71. The van der Waals surface area contributed by atoms with Crippen LogP contribution in [0.15, 0.2) is 46.9 Å². The maximum atomic E-state index is 11.1. The third-order valence-corrected chi connectivity index (χ3v) is 3.94. The Balaban J connectivity index is 1.95. The van der Waals surface area contributed by atoms with Crippen molar-refractivity contribution in [2.75, 3.05) is 11.9 Å². The minimum absolute atomic E-state index is 0.00273. The normalized spacial score (nSPS) is 16.7. The number of rotatable bonds is 3. The summed E-state index contributed by atoms with van der Waals surface area (Å²) in [6.45, 7) is 0.594. The number of hydrogen-bond donors (Lipinski definition) is 1. The van der Waals surface area contributed by atoms with Crippen molar-refractivity contribution in [3.05, 3.63) is 62.6 Å². The van der Waals surface area contributed by atoms with Crippen LogP contribution in [0.2, 0.25) is 0 Å². The van der Waals surface area contributed by atoms with Crippen molar-refractivity contribution < 1.29 is 9.66 Å². The third-order valence-electron chi connectivity index (χ3n) is 3.44. The first kappa shape index (κ1) is 13.9. The van der Waals surface area contributed by atoms with Crippen LogP contribution in [-0.2, 0) is 0 Å². The molecule has 2 aromatic carbocycles. The Labute approximate surface area is 130 Å². The molecule has 1 unspecified atom stereocenters. The number of hydrogen-bond acceptors (Lipinski definition) is 4. The second kappa shape index (κ2) is 5.73. The highest BCUT2D eigenvalue weighted by molar-refractivity contribution is 9.10. The smallest absolute Gasteiger partial charge is 0.292 e. The van der Waals surface area contributed by atoms with Gasteiger partial charge >= 0.3 is 0 Å². The van der Waals surface area contributed by atoms with Crippen LogP contribution in [0, 0.1) is 10.1 Å². The molecule has 0 fully saturated rings. The number of halogens is 1. The van der Waals surface area contributed by atoms with Crippen LogP contribution in [0.4, 0.5) is 11.4 Å². The largest absolute Gasteiger partial charge is 0.493 e. The Hall–Kier alpha value is -2.08. The summed E-state index contributed by atoms with van der Waals surface area (Å²) in [7, 11) is 0. The molecule has 2 aromatic rings. The van der Waals surface area contributed by atoms with Crippen LogP contribution >= 0.6 is 15.9 Å². The van der Waals surface area contributed by atoms with E-state index in [2.05, 4.69) is 21.2 Å². The average Bonchev–Trinajstić information content (AvgIpc) is 2.47. The highest BCUT2D eigenvalue weighted by Crippen LogP contribution is 2.37. The molecule has 1 N–H and O–H groups in total. The van der Waals surface area contributed by atoms with E-state index in [1.54, 1.807) is 12.1 Å². The van der Waals surface area contributed by atoms with Gasteiger partial charge in [0.1, 0.15) is 11.4 Å². The number of nitrogens with zero attached hydrogens (tertiary/aromatic N) is 1. The lowest BCUT2D eigenvalue weighted by Gasteiger charge is -2.27. The van der Waals surface area contributed by atoms with Gasteiger partial charge in [-0.2, -0.15) is 0 Å². The Bertz CT molecular complexity index is 690. The van der Waals surface area contributed by atoms with Crippen molar-refractivity contribution in [2.24, 2.45) is 0 Å². The fourth-order valence-corrected chi connectivity index (χ4v) is 2.82. The SMILES string of the molecule is O=[N+]([O-])c1ccc(Br)cc1NC1CCOc2ccccc21. The maximum absolute atomic E-state index is 11.1. The van der Waals surface area contributed by atoms with E-state index in [9.17, 15) is 10.1 Å². The summed E-state index contributed by atoms with van der Waals surface area (Å²) in [5, 5.41) is 14.4. The molecule has 0 aromatic heterocycles. The van der Waals surface area contributed by atoms with Crippen molar-refractivity contribution >= 4 is 27.3 Å². The summed E-state index contributed by atoms with van der Waals surface area (Å²) in [6, 6.07) is 12.7. The minimum Gasteiger partial charge on any atom is -0.493 e. The topological polar surface area (TPSA) is 64.4 Å². The molecule has 0 saturated carbocycles. The van der Waals surface area contributed by atoms with Gasteiger partial charge in [-0.1, -0.05) is 34.1 Å². The molecule has 0 aliphatic carbocycles. The van der Waals surface area contributed by atoms with Crippen molar-refractivity contribution in [1.29, 1.82) is 0 Å². The lowest BCUT2D eigenvalue weighted by Crippen LogP contribution is -2.20. The summed E-state index contributed by atoms with van der Waals surface area (Å²) in [5.41, 5.74) is 1.61. The molecule has 1 heterocycles. The lowest BCUT2D eigenvalue weighted by molar-refractivity contribution is -0.384. The second-order valence-electron chi connectivity index (χ2n) is 4.79. The lowest BCUT2D eigenvalue weighted by atomic mass is 10.00. The van der Waals surface area contributed by atoms with Crippen LogP contribution in [0.1, 0.15) is 18.0 Å². The molecule has 5 nitrogen and oxygen atoms in total. The van der Waals surface area contributed by atoms with Gasteiger partial charge in [0.25, 0.3) is 5.69 Å². The van der Waals surface area contributed by atoms with Gasteiger partial charge in [-0.15, -0.1) is 0 Å². The van der Waals surface area contributed by atoms with Crippen molar-refractivity contribution in [3.8, 4) is 5.75 Å². The van der Waals surface area contributed by atoms with Crippen LogP contribution in [0.3, 0.4) is 0 Å². The molecule has 108 valence electrons. The van der Waals surface area contributed by atoms with Crippen LogP contribution in [-0.4, -0.2) is 11.5 Å². The predicted octanol–water partition coefficient (Wildman–Crippen LogP) is 4.29. The summed E-state index contributed by atoms with van der Waals surface area (Å²) in [5.74, 6) is 0.832. The summed E-state index contributed by atoms with van der Waals surface area (Å²) >= 11 is 3.35. The number of ether oxygens (including phenoxy) is 1. The van der Waals surface area contributed by atoms with Crippen molar-refractivity contribution in [2.45, 2.75) is 12.5 Å². The van der Waals surface area contributed by atoms with Crippen molar-refractivity contribution in [3.63, 3.8) is 0 Å². The molecule has 0 spiro atoms. The highest BCUT2D eigenvalue weighted by Gasteiger charge is 2.23.